The number of aryl methyl sites for hydroxylation is 2. The number of esters is 1. The summed E-state index contributed by atoms with van der Waals surface area (Å²) in [5, 5.41) is 4.71. The zero-order chi connectivity index (χ0) is 23.2. The SMILES string of the molecule is Cc1ccc(NC(=O)NC(=O)COC(=O)CNS(=O)(=O)c2ccc(Cl)c(Cl)c2)c(C)c1. The molecule has 2 aromatic carbocycles. The number of amides is 3. The van der Waals surface area contributed by atoms with E-state index in [-0.39, 0.29) is 14.9 Å². The standard InChI is InChI=1S/C19H19Cl2N3O6S/c1-11-3-6-16(12(2)7-11)23-19(27)24-17(25)10-30-18(26)9-22-31(28,29)13-4-5-14(20)15(21)8-13/h3-8,22H,9-10H2,1-2H3,(H2,23,24,25,27). The van der Waals surface area contributed by atoms with Crippen molar-refractivity contribution in [1.29, 1.82) is 0 Å². The third-order valence-electron chi connectivity index (χ3n) is 3.86. The number of ether oxygens (including phenoxy) is 1. The minimum absolute atomic E-state index is 0.0305. The molecule has 0 saturated heterocycles. The van der Waals surface area contributed by atoms with Crippen molar-refractivity contribution in [3.8, 4) is 0 Å². The Morgan fingerprint density at radius 2 is 1.71 bits per heavy atom. The summed E-state index contributed by atoms with van der Waals surface area (Å²) in [6.45, 7) is 2.20. The summed E-state index contributed by atoms with van der Waals surface area (Å²) in [5.74, 6) is -1.91. The van der Waals surface area contributed by atoms with Crippen LogP contribution in [0.2, 0.25) is 10.0 Å². The first-order chi connectivity index (χ1) is 14.5. The van der Waals surface area contributed by atoms with Gasteiger partial charge in [0.25, 0.3) is 5.91 Å². The molecule has 0 bridgehead atoms. The van der Waals surface area contributed by atoms with Crippen LogP contribution in [0.3, 0.4) is 0 Å². The van der Waals surface area contributed by atoms with E-state index in [1.165, 1.54) is 12.1 Å². The molecule has 3 N–H and O–H groups in total. The Bertz CT molecular complexity index is 1120. The first-order valence-electron chi connectivity index (χ1n) is 8.76. The number of imide groups is 1. The number of sulfonamides is 1. The van der Waals surface area contributed by atoms with Crippen LogP contribution in [0.15, 0.2) is 41.3 Å². The third-order valence-corrected chi connectivity index (χ3v) is 5.99. The number of nitrogens with one attached hydrogen (secondary N) is 3. The van der Waals surface area contributed by atoms with Crippen molar-refractivity contribution in [3.63, 3.8) is 0 Å². The number of hydrogen-bond donors (Lipinski definition) is 3. The Kier molecular flexibility index (Phi) is 8.40. The molecule has 0 aliphatic carbocycles. The quantitative estimate of drug-likeness (QED) is 0.514. The van der Waals surface area contributed by atoms with Gasteiger partial charge in [0.2, 0.25) is 10.0 Å². The Morgan fingerprint density at radius 3 is 2.35 bits per heavy atom. The molecule has 0 heterocycles. The van der Waals surface area contributed by atoms with Gasteiger partial charge in [-0.1, -0.05) is 40.9 Å². The van der Waals surface area contributed by atoms with Gasteiger partial charge in [0.15, 0.2) is 6.61 Å². The minimum Gasteiger partial charge on any atom is -0.455 e. The van der Waals surface area contributed by atoms with Crippen LogP contribution in [-0.4, -0.2) is 39.5 Å². The fraction of sp³-hybridized carbons (Fsp3) is 0.211. The van der Waals surface area contributed by atoms with Crippen LogP contribution < -0.4 is 15.4 Å². The first kappa shape index (κ1) is 24.6. The average molecular weight is 488 g/mol. The molecule has 166 valence electrons. The molecule has 0 atom stereocenters. The highest BCUT2D eigenvalue weighted by Gasteiger charge is 2.18. The lowest BCUT2D eigenvalue weighted by atomic mass is 10.1. The van der Waals surface area contributed by atoms with E-state index in [4.69, 9.17) is 23.2 Å². The maximum absolute atomic E-state index is 12.2. The van der Waals surface area contributed by atoms with Gasteiger partial charge in [-0.15, -0.1) is 0 Å². The summed E-state index contributed by atoms with van der Waals surface area (Å²) < 4.78 is 31.0. The molecule has 0 radical (unpaired) electrons. The molecule has 12 heteroatoms. The van der Waals surface area contributed by atoms with Crippen molar-refractivity contribution in [2.24, 2.45) is 0 Å². The summed E-state index contributed by atoms with van der Waals surface area (Å²) in [7, 11) is -4.05. The molecule has 31 heavy (non-hydrogen) atoms. The molecule has 3 amide bonds. The van der Waals surface area contributed by atoms with Crippen molar-refractivity contribution >= 4 is 56.8 Å². The number of urea groups is 1. The molecule has 0 aromatic heterocycles. The highest BCUT2D eigenvalue weighted by molar-refractivity contribution is 7.89. The summed E-state index contributed by atoms with van der Waals surface area (Å²) >= 11 is 11.5. The van der Waals surface area contributed by atoms with E-state index >= 15 is 0 Å². The van der Waals surface area contributed by atoms with Gasteiger partial charge in [-0.2, -0.15) is 4.72 Å². The zero-order valence-corrected chi connectivity index (χ0v) is 18.8. The van der Waals surface area contributed by atoms with Crippen molar-refractivity contribution in [1.82, 2.24) is 10.0 Å². The number of carbonyl (C=O) groups excluding carboxylic acids is 3. The second-order valence-corrected chi connectivity index (χ2v) is 8.96. The predicted molar refractivity (Wildman–Crippen MR) is 116 cm³/mol. The minimum atomic E-state index is -4.05. The van der Waals surface area contributed by atoms with Gasteiger partial charge < -0.3 is 10.1 Å². The predicted octanol–water partition coefficient (Wildman–Crippen LogP) is 2.78. The van der Waals surface area contributed by atoms with Crippen molar-refractivity contribution < 1.29 is 27.5 Å². The highest BCUT2D eigenvalue weighted by Crippen LogP contribution is 2.24. The van der Waals surface area contributed by atoms with E-state index in [1.807, 2.05) is 23.0 Å². The maximum atomic E-state index is 12.2. The monoisotopic (exact) mass is 487 g/mol. The molecule has 2 rings (SSSR count). The average Bonchev–Trinajstić information content (AvgIpc) is 2.69. The topological polar surface area (TPSA) is 131 Å². The number of hydrogen-bond acceptors (Lipinski definition) is 6. The van der Waals surface area contributed by atoms with Gasteiger partial charge in [-0.3, -0.25) is 14.9 Å². The molecule has 0 unspecified atom stereocenters. The lowest BCUT2D eigenvalue weighted by Gasteiger charge is -2.10. The van der Waals surface area contributed by atoms with Crippen LogP contribution in [0.5, 0.6) is 0 Å². The smallest absolute Gasteiger partial charge is 0.325 e. The first-order valence-corrected chi connectivity index (χ1v) is 11.0. The summed E-state index contributed by atoms with van der Waals surface area (Å²) in [5.41, 5.74) is 2.34. The molecule has 0 fully saturated rings. The van der Waals surface area contributed by atoms with Gasteiger partial charge in [0.05, 0.1) is 14.9 Å². The van der Waals surface area contributed by atoms with Gasteiger partial charge in [-0.05, 0) is 43.7 Å². The molecule has 0 aliphatic heterocycles. The van der Waals surface area contributed by atoms with Crippen LogP contribution in [0, 0.1) is 13.8 Å². The lowest BCUT2D eigenvalue weighted by molar-refractivity contribution is -0.147. The number of anilines is 1. The van der Waals surface area contributed by atoms with Gasteiger partial charge >= 0.3 is 12.0 Å². The van der Waals surface area contributed by atoms with Crippen LogP contribution in [0.1, 0.15) is 11.1 Å². The Labute approximate surface area is 189 Å². The van der Waals surface area contributed by atoms with E-state index in [2.05, 4.69) is 10.1 Å². The van der Waals surface area contributed by atoms with Gasteiger partial charge in [0, 0.05) is 5.69 Å². The largest absolute Gasteiger partial charge is 0.455 e. The van der Waals surface area contributed by atoms with Crippen LogP contribution in [0.4, 0.5) is 10.5 Å². The summed E-state index contributed by atoms with van der Waals surface area (Å²) in [6.07, 6.45) is 0. The number of carbonyl (C=O) groups is 3. The third kappa shape index (κ3) is 7.51. The fourth-order valence-electron chi connectivity index (χ4n) is 2.35. The number of rotatable bonds is 7. The normalized spacial score (nSPS) is 11.0. The number of halogens is 2. The van der Waals surface area contributed by atoms with Crippen LogP contribution in [-0.2, 0) is 24.3 Å². The highest BCUT2D eigenvalue weighted by atomic mass is 35.5. The molecule has 0 saturated carbocycles. The molecule has 9 nitrogen and oxygen atoms in total. The summed E-state index contributed by atoms with van der Waals surface area (Å²) in [4.78, 5) is 35.2. The molecule has 2 aromatic rings. The van der Waals surface area contributed by atoms with Gasteiger partial charge in [-0.25, -0.2) is 13.2 Å². The Morgan fingerprint density at radius 1 is 1.00 bits per heavy atom. The van der Waals surface area contributed by atoms with E-state index in [9.17, 15) is 22.8 Å². The Balaban J connectivity index is 1.79. The maximum Gasteiger partial charge on any atom is 0.325 e. The molecule has 0 spiro atoms. The van der Waals surface area contributed by atoms with E-state index < -0.39 is 41.1 Å². The zero-order valence-electron chi connectivity index (χ0n) is 16.5. The summed E-state index contributed by atoms with van der Waals surface area (Å²) in [6, 6.07) is 8.18. The van der Waals surface area contributed by atoms with Crippen molar-refractivity contribution in [2.45, 2.75) is 18.7 Å². The molecular weight excluding hydrogens is 469 g/mol. The van der Waals surface area contributed by atoms with E-state index in [0.29, 0.717) is 5.69 Å². The van der Waals surface area contributed by atoms with E-state index in [0.717, 1.165) is 17.2 Å². The van der Waals surface area contributed by atoms with E-state index in [1.54, 1.807) is 19.1 Å². The second-order valence-electron chi connectivity index (χ2n) is 6.38. The van der Waals surface area contributed by atoms with Crippen LogP contribution >= 0.6 is 23.2 Å². The van der Waals surface area contributed by atoms with Crippen molar-refractivity contribution in [3.05, 3.63) is 57.6 Å². The lowest BCUT2D eigenvalue weighted by Crippen LogP contribution is -2.38. The number of benzene rings is 2. The molecule has 0 aliphatic rings. The van der Waals surface area contributed by atoms with Crippen molar-refractivity contribution in [2.75, 3.05) is 18.5 Å². The fourth-order valence-corrected chi connectivity index (χ4v) is 3.71. The Hall–Kier alpha value is -2.66. The second kappa shape index (κ2) is 10.6. The van der Waals surface area contributed by atoms with Crippen LogP contribution in [0.25, 0.3) is 0 Å². The molecular formula is C19H19Cl2N3O6S. The van der Waals surface area contributed by atoms with Gasteiger partial charge in [0.1, 0.15) is 6.54 Å².